The van der Waals surface area contributed by atoms with Gasteiger partial charge < -0.3 is 0 Å². The SMILES string of the molecule is [CH2]CCCCCNC(c1ccccc1)(c1ccccc1)c1ccccc1. The van der Waals surface area contributed by atoms with Crippen LogP contribution in [-0.4, -0.2) is 6.54 Å². The van der Waals surface area contributed by atoms with E-state index in [-0.39, 0.29) is 5.54 Å². The summed E-state index contributed by atoms with van der Waals surface area (Å²) in [6, 6.07) is 32.3. The molecule has 26 heavy (non-hydrogen) atoms. The number of hydrogen-bond donors (Lipinski definition) is 1. The summed E-state index contributed by atoms with van der Waals surface area (Å²) in [5.41, 5.74) is 3.48. The fourth-order valence-electron chi connectivity index (χ4n) is 3.63. The van der Waals surface area contributed by atoms with Crippen LogP contribution in [0, 0.1) is 6.92 Å². The molecule has 0 atom stereocenters. The molecular weight excluding hydrogens is 314 g/mol. The van der Waals surface area contributed by atoms with Gasteiger partial charge in [0.05, 0.1) is 5.54 Å². The third-order valence-electron chi connectivity index (χ3n) is 4.94. The van der Waals surface area contributed by atoms with Crippen LogP contribution >= 0.6 is 0 Å². The van der Waals surface area contributed by atoms with Gasteiger partial charge in [0.25, 0.3) is 0 Å². The van der Waals surface area contributed by atoms with Gasteiger partial charge in [0.2, 0.25) is 0 Å². The van der Waals surface area contributed by atoms with Crippen LogP contribution in [0.4, 0.5) is 0 Å². The van der Waals surface area contributed by atoms with E-state index >= 15 is 0 Å². The van der Waals surface area contributed by atoms with Gasteiger partial charge in [-0.15, -0.1) is 0 Å². The molecule has 1 nitrogen and oxygen atoms in total. The minimum Gasteiger partial charge on any atom is -0.300 e. The van der Waals surface area contributed by atoms with E-state index < -0.39 is 0 Å². The lowest BCUT2D eigenvalue weighted by Gasteiger charge is -2.37. The van der Waals surface area contributed by atoms with Crippen molar-refractivity contribution in [2.75, 3.05) is 6.54 Å². The van der Waals surface area contributed by atoms with E-state index in [9.17, 15) is 0 Å². The third kappa shape index (κ3) is 4.05. The van der Waals surface area contributed by atoms with Gasteiger partial charge in [0.15, 0.2) is 0 Å². The van der Waals surface area contributed by atoms with Gasteiger partial charge >= 0.3 is 0 Å². The Morgan fingerprint density at radius 3 is 1.38 bits per heavy atom. The van der Waals surface area contributed by atoms with Crippen molar-refractivity contribution in [2.24, 2.45) is 0 Å². The molecule has 0 aliphatic carbocycles. The summed E-state index contributed by atoms with van der Waals surface area (Å²) in [4.78, 5) is 0. The first-order chi connectivity index (χ1) is 12.9. The van der Waals surface area contributed by atoms with Crippen LogP contribution in [0.15, 0.2) is 91.0 Å². The van der Waals surface area contributed by atoms with Crippen LogP contribution in [0.1, 0.15) is 42.4 Å². The fraction of sp³-hybridized carbons (Fsp3) is 0.240. The van der Waals surface area contributed by atoms with E-state index in [1.165, 1.54) is 29.5 Å². The molecule has 0 unspecified atom stereocenters. The Morgan fingerprint density at radius 1 is 0.577 bits per heavy atom. The molecule has 0 fully saturated rings. The quantitative estimate of drug-likeness (QED) is 0.373. The van der Waals surface area contributed by atoms with Gasteiger partial charge in [0, 0.05) is 0 Å². The summed E-state index contributed by atoms with van der Waals surface area (Å²) < 4.78 is 0. The van der Waals surface area contributed by atoms with Crippen molar-refractivity contribution in [3.8, 4) is 0 Å². The average Bonchev–Trinajstić information content (AvgIpc) is 2.73. The molecule has 0 aromatic heterocycles. The summed E-state index contributed by atoms with van der Waals surface area (Å²) in [6.07, 6.45) is 4.58. The first kappa shape index (κ1) is 18.4. The maximum absolute atomic E-state index is 3.95. The first-order valence-electron chi connectivity index (χ1n) is 9.59. The second kappa shape index (κ2) is 9.35. The van der Waals surface area contributed by atoms with Gasteiger partial charge in [-0.3, -0.25) is 5.32 Å². The molecule has 1 N–H and O–H groups in total. The molecule has 0 bridgehead atoms. The summed E-state index contributed by atoms with van der Waals surface area (Å²) in [5.74, 6) is 0. The van der Waals surface area contributed by atoms with Crippen molar-refractivity contribution in [3.63, 3.8) is 0 Å². The molecule has 0 saturated heterocycles. The lowest BCUT2D eigenvalue weighted by Crippen LogP contribution is -2.45. The smallest absolute Gasteiger partial charge is 0.0947 e. The van der Waals surface area contributed by atoms with Crippen molar-refractivity contribution < 1.29 is 0 Å². The molecule has 3 aromatic carbocycles. The third-order valence-corrected chi connectivity index (χ3v) is 4.94. The Bertz CT molecular complexity index is 653. The van der Waals surface area contributed by atoms with Crippen molar-refractivity contribution in [3.05, 3.63) is 115 Å². The Balaban J connectivity index is 2.06. The van der Waals surface area contributed by atoms with E-state index in [0.717, 1.165) is 19.4 Å². The second-order valence-electron chi connectivity index (χ2n) is 6.69. The zero-order valence-electron chi connectivity index (χ0n) is 15.4. The van der Waals surface area contributed by atoms with Crippen molar-refractivity contribution in [1.82, 2.24) is 5.32 Å². The Hall–Kier alpha value is -2.38. The minimum atomic E-state index is -0.339. The molecule has 0 saturated carbocycles. The van der Waals surface area contributed by atoms with Crippen LogP contribution in [0.25, 0.3) is 0 Å². The van der Waals surface area contributed by atoms with E-state index in [2.05, 4.69) is 103 Å². The number of nitrogens with one attached hydrogen (secondary N) is 1. The maximum atomic E-state index is 3.95. The lowest BCUT2D eigenvalue weighted by molar-refractivity contribution is 0.458. The highest BCUT2D eigenvalue weighted by Gasteiger charge is 2.35. The molecule has 0 aliphatic heterocycles. The molecule has 0 amide bonds. The van der Waals surface area contributed by atoms with Gasteiger partial charge in [-0.1, -0.05) is 117 Å². The largest absolute Gasteiger partial charge is 0.300 e. The molecule has 0 spiro atoms. The van der Waals surface area contributed by atoms with E-state index in [0.29, 0.717) is 0 Å². The normalized spacial score (nSPS) is 11.4. The molecule has 0 heterocycles. The highest BCUT2D eigenvalue weighted by atomic mass is 15.0. The average molecular weight is 343 g/mol. The van der Waals surface area contributed by atoms with E-state index in [4.69, 9.17) is 0 Å². The standard InChI is InChI=1S/C25H28N/c1-2-3-4-14-21-26-25(22-15-8-5-9-16-22,23-17-10-6-11-18-23)24-19-12-7-13-20-24/h5-13,15-20,26H,1-4,14,21H2. The van der Waals surface area contributed by atoms with Crippen LogP contribution in [0.3, 0.4) is 0 Å². The predicted octanol–water partition coefficient (Wildman–Crippen LogP) is 5.96. The first-order valence-corrected chi connectivity index (χ1v) is 9.59. The number of hydrogen-bond acceptors (Lipinski definition) is 1. The lowest BCUT2D eigenvalue weighted by atomic mass is 9.77. The van der Waals surface area contributed by atoms with Crippen LogP contribution in [0.5, 0.6) is 0 Å². The second-order valence-corrected chi connectivity index (χ2v) is 6.69. The zero-order chi connectivity index (χ0) is 18.1. The van der Waals surface area contributed by atoms with Crippen molar-refractivity contribution in [1.29, 1.82) is 0 Å². The molecule has 133 valence electrons. The minimum absolute atomic E-state index is 0.339. The monoisotopic (exact) mass is 342 g/mol. The highest BCUT2D eigenvalue weighted by molar-refractivity contribution is 5.49. The van der Waals surface area contributed by atoms with Crippen LogP contribution < -0.4 is 5.32 Å². The summed E-state index contributed by atoms with van der Waals surface area (Å²) in [6.45, 7) is 4.93. The van der Waals surface area contributed by atoms with Crippen LogP contribution in [-0.2, 0) is 5.54 Å². The Labute approximate surface area is 158 Å². The summed E-state index contributed by atoms with van der Waals surface area (Å²) in [7, 11) is 0. The number of unbranched alkanes of at least 4 members (excludes halogenated alkanes) is 3. The predicted molar refractivity (Wildman–Crippen MR) is 111 cm³/mol. The maximum Gasteiger partial charge on any atom is 0.0947 e. The molecule has 3 aromatic rings. The molecule has 1 heteroatoms. The van der Waals surface area contributed by atoms with Crippen LogP contribution in [0.2, 0.25) is 0 Å². The Morgan fingerprint density at radius 2 is 1.00 bits per heavy atom. The zero-order valence-corrected chi connectivity index (χ0v) is 15.4. The Kier molecular flexibility index (Phi) is 6.62. The van der Waals surface area contributed by atoms with Gasteiger partial charge in [-0.2, -0.15) is 0 Å². The number of benzene rings is 3. The van der Waals surface area contributed by atoms with Crippen molar-refractivity contribution >= 4 is 0 Å². The van der Waals surface area contributed by atoms with E-state index in [1.54, 1.807) is 0 Å². The van der Waals surface area contributed by atoms with Gasteiger partial charge in [0.1, 0.15) is 0 Å². The molecular formula is C25H28N. The van der Waals surface area contributed by atoms with Crippen molar-refractivity contribution in [2.45, 2.75) is 31.2 Å². The topological polar surface area (TPSA) is 12.0 Å². The summed E-state index contributed by atoms with van der Waals surface area (Å²) in [5, 5.41) is 3.92. The highest BCUT2D eigenvalue weighted by Crippen LogP contribution is 2.36. The molecule has 3 rings (SSSR count). The molecule has 1 radical (unpaired) electrons. The van der Waals surface area contributed by atoms with Gasteiger partial charge in [-0.05, 0) is 29.7 Å². The fourth-order valence-corrected chi connectivity index (χ4v) is 3.63. The van der Waals surface area contributed by atoms with E-state index in [1.807, 2.05) is 0 Å². The molecule has 0 aliphatic rings. The summed E-state index contributed by atoms with van der Waals surface area (Å²) >= 11 is 0. The van der Waals surface area contributed by atoms with Gasteiger partial charge in [-0.25, -0.2) is 0 Å². The number of rotatable bonds is 9.